The summed E-state index contributed by atoms with van der Waals surface area (Å²) < 4.78 is 23.5. The Morgan fingerprint density at radius 3 is 2.78 bits per heavy atom. The van der Waals surface area contributed by atoms with Crippen molar-refractivity contribution >= 4 is 37.4 Å². The standard InChI is InChI=1S/C10H15BrN4O2S/c1-2-12-9-8(11)10(14-6-13-9)15-7-3-4-18(16,17)5-7/h6-7H,2-5H2,1H3,(H2,12,13,14,15). The fourth-order valence-corrected chi connectivity index (χ4v) is 4.00. The minimum atomic E-state index is -2.89. The van der Waals surface area contributed by atoms with Crippen LogP contribution in [-0.4, -0.2) is 42.5 Å². The molecule has 1 aliphatic heterocycles. The van der Waals surface area contributed by atoms with Crippen LogP contribution in [0.15, 0.2) is 10.8 Å². The van der Waals surface area contributed by atoms with E-state index in [0.29, 0.717) is 18.1 Å². The van der Waals surface area contributed by atoms with Crippen LogP contribution in [0, 0.1) is 0 Å². The summed E-state index contributed by atoms with van der Waals surface area (Å²) in [6.45, 7) is 2.73. The predicted octanol–water partition coefficient (Wildman–Crippen LogP) is 1.27. The molecule has 0 saturated carbocycles. The molecular weight excluding hydrogens is 320 g/mol. The van der Waals surface area contributed by atoms with Gasteiger partial charge in [-0.25, -0.2) is 18.4 Å². The highest BCUT2D eigenvalue weighted by Gasteiger charge is 2.28. The largest absolute Gasteiger partial charge is 0.369 e. The van der Waals surface area contributed by atoms with Crippen molar-refractivity contribution in [2.45, 2.75) is 19.4 Å². The van der Waals surface area contributed by atoms with Gasteiger partial charge in [0.05, 0.1) is 11.5 Å². The molecule has 1 fully saturated rings. The molecule has 1 unspecified atom stereocenters. The molecule has 2 N–H and O–H groups in total. The van der Waals surface area contributed by atoms with Gasteiger partial charge in [-0.1, -0.05) is 0 Å². The van der Waals surface area contributed by atoms with E-state index in [0.717, 1.165) is 11.0 Å². The Kier molecular flexibility index (Phi) is 4.06. The number of nitrogens with one attached hydrogen (secondary N) is 2. The van der Waals surface area contributed by atoms with E-state index in [4.69, 9.17) is 0 Å². The number of aromatic nitrogens is 2. The number of nitrogens with zero attached hydrogens (tertiary/aromatic N) is 2. The van der Waals surface area contributed by atoms with Crippen molar-refractivity contribution in [2.75, 3.05) is 28.7 Å². The lowest BCUT2D eigenvalue weighted by molar-refractivity contribution is 0.602. The predicted molar refractivity (Wildman–Crippen MR) is 74.6 cm³/mol. The molecule has 18 heavy (non-hydrogen) atoms. The van der Waals surface area contributed by atoms with E-state index in [1.54, 1.807) is 0 Å². The van der Waals surface area contributed by atoms with Gasteiger partial charge in [-0.15, -0.1) is 0 Å². The average Bonchev–Trinajstić information content (AvgIpc) is 2.64. The van der Waals surface area contributed by atoms with Gasteiger partial charge in [0.2, 0.25) is 0 Å². The number of rotatable bonds is 4. The van der Waals surface area contributed by atoms with Gasteiger partial charge in [-0.3, -0.25) is 0 Å². The molecule has 8 heteroatoms. The van der Waals surface area contributed by atoms with E-state index in [-0.39, 0.29) is 17.5 Å². The Morgan fingerprint density at radius 2 is 2.17 bits per heavy atom. The molecule has 0 amide bonds. The van der Waals surface area contributed by atoms with Crippen LogP contribution in [0.2, 0.25) is 0 Å². The van der Waals surface area contributed by atoms with E-state index >= 15 is 0 Å². The Labute approximate surface area is 115 Å². The second-order valence-electron chi connectivity index (χ2n) is 4.16. The normalized spacial score (nSPS) is 21.8. The molecule has 1 aromatic heterocycles. The fraction of sp³-hybridized carbons (Fsp3) is 0.600. The third-order valence-electron chi connectivity index (χ3n) is 2.71. The first-order chi connectivity index (χ1) is 8.52. The summed E-state index contributed by atoms with van der Waals surface area (Å²) in [5.74, 6) is 1.74. The number of hydrogen-bond acceptors (Lipinski definition) is 6. The Morgan fingerprint density at radius 1 is 1.44 bits per heavy atom. The summed E-state index contributed by atoms with van der Waals surface area (Å²) in [7, 11) is -2.89. The highest BCUT2D eigenvalue weighted by molar-refractivity contribution is 9.10. The molecule has 6 nitrogen and oxygen atoms in total. The van der Waals surface area contributed by atoms with Crippen LogP contribution in [0.3, 0.4) is 0 Å². The van der Waals surface area contributed by atoms with Gasteiger partial charge in [-0.2, -0.15) is 0 Å². The lowest BCUT2D eigenvalue weighted by Gasteiger charge is -2.14. The Bertz CT molecular complexity index is 535. The number of halogens is 1. The van der Waals surface area contributed by atoms with Crippen LogP contribution < -0.4 is 10.6 Å². The van der Waals surface area contributed by atoms with Crippen molar-refractivity contribution < 1.29 is 8.42 Å². The van der Waals surface area contributed by atoms with Crippen LogP contribution in [0.4, 0.5) is 11.6 Å². The lowest BCUT2D eigenvalue weighted by Crippen LogP contribution is -2.21. The molecule has 2 heterocycles. The van der Waals surface area contributed by atoms with Crippen molar-refractivity contribution in [3.05, 3.63) is 10.8 Å². The van der Waals surface area contributed by atoms with Gasteiger partial charge in [0.15, 0.2) is 9.84 Å². The van der Waals surface area contributed by atoms with Crippen molar-refractivity contribution in [2.24, 2.45) is 0 Å². The molecule has 0 spiro atoms. The first-order valence-corrected chi connectivity index (χ1v) is 8.34. The van der Waals surface area contributed by atoms with E-state index in [9.17, 15) is 8.42 Å². The molecule has 1 saturated heterocycles. The minimum Gasteiger partial charge on any atom is -0.369 e. The zero-order valence-electron chi connectivity index (χ0n) is 9.98. The molecule has 1 aromatic rings. The second-order valence-corrected chi connectivity index (χ2v) is 7.18. The minimum absolute atomic E-state index is 0.0734. The Hall–Kier alpha value is -0.890. The zero-order chi connectivity index (χ0) is 13.2. The smallest absolute Gasteiger partial charge is 0.152 e. The SMILES string of the molecule is CCNc1ncnc(NC2CCS(=O)(=O)C2)c1Br. The van der Waals surface area contributed by atoms with Crippen LogP contribution >= 0.6 is 15.9 Å². The van der Waals surface area contributed by atoms with E-state index in [1.807, 2.05) is 6.92 Å². The molecule has 0 aliphatic carbocycles. The fourth-order valence-electron chi connectivity index (χ4n) is 1.86. The first kappa shape index (κ1) is 13.5. The van der Waals surface area contributed by atoms with Crippen molar-refractivity contribution in [1.82, 2.24) is 9.97 Å². The highest BCUT2D eigenvalue weighted by Crippen LogP contribution is 2.28. The zero-order valence-corrected chi connectivity index (χ0v) is 12.4. The number of hydrogen-bond donors (Lipinski definition) is 2. The van der Waals surface area contributed by atoms with Crippen molar-refractivity contribution in [1.29, 1.82) is 0 Å². The molecule has 2 rings (SSSR count). The lowest BCUT2D eigenvalue weighted by atomic mass is 10.2. The van der Waals surface area contributed by atoms with Gasteiger partial charge in [0.25, 0.3) is 0 Å². The second kappa shape index (κ2) is 5.40. The Balaban J connectivity index is 2.12. The maximum absolute atomic E-state index is 11.4. The maximum Gasteiger partial charge on any atom is 0.152 e. The summed E-state index contributed by atoms with van der Waals surface area (Å²) in [5, 5.41) is 6.25. The van der Waals surface area contributed by atoms with Crippen LogP contribution in [-0.2, 0) is 9.84 Å². The maximum atomic E-state index is 11.4. The monoisotopic (exact) mass is 334 g/mol. The van der Waals surface area contributed by atoms with Gasteiger partial charge < -0.3 is 10.6 Å². The van der Waals surface area contributed by atoms with E-state index < -0.39 is 9.84 Å². The molecule has 1 aliphatic rings. The average molecular weight is 335 g/mol. The topological polar surface area (TPSA) is 84.0 Å². The van der Waals surface area contributed by atoms with Gasteiger partial charge >= 0.3 is 0 Å². The van der Waals surface area contributed by atoms with Gasteiger partial charge in [0, 0.05) is 12.6 Å². The van der Waals surface area contributed by atoms with Crippen LogP contribution in [0.1, 0.15) is 13.3 Å². The quantitative estimate of drug-likeness (QED) is 0.862. The summed E-state index contributed by atoms with van der Waals surface area (Å²) >= 11 is 3.42. The third-order valence-corrected chi connectivity index (χ3v) is 5.23. The summed E-state index contributed by atoms with van der Waals surface area (Å²) in [6.07, 6.45) is 2.07. The molecule has 100 valence electrons. The third kappa shape index (κ3) is 3.11. The molecule has 0 bridgehead atoms. The van der Waals surface area contributed by atoms with Crippen LogP contribution in [0.5, 0.6) is 0 Å². The van der Waals surface area contributed by atoms with Gasteiger partial charge in [0.1, 0.15) is 22.4 Å². The van der Waals surface area contributed by atoms with Crippen LogP contribution in [0.25, 0.3) is 0 Å². The number of anilines is 2. The molecule has 0 aromatic carbocycles. The molecule has 0 radical (unpaired) electrons. The van der Waals surface area contributed by atoms with E-state index in [1.165, 1.54) is 6.33 Å². The summed E-state index contributed by atoms with van der Waals surface area (Å²) in [6, 6.07) is -0.0734. The molecule has 1 atom stereocenters. The summed E-state index contributed by atoms with van der Waals surface area (Å²) in [5.41, 5.74) is 0. The highest BCUT2D eigenvalue weighted by atomic mass is 79.9. The van der Waals surface area contributed by atoms with Crippen molar-refractivity contribution in [3.8, 4) is 0 Å². The molecular formula is C10H15BrN4O2S. The number of sulfone groups is 1. The van der Waals surface area contributed by atoms with E-state index in [2.05, 4.69) is 36.5 Å². The van der Waals surface area contributed by atoms with Crippen molar-refractivity contribution in [3.63, 3.8) is 0 Å². The first-order valence-electron chi connectivity index (χ1n) is 5.73. The summed E-state index contributed by atoms with van der Waals surface area (Å²) in [4.78, 5) is 8.23. The van der Waals surface area contributed by atoms with Gasteiger partial charge in [-0.05, 0) is 29.3 Å².